The highest BCUT2D eigenvalue weighted by Crippen LogP contribution is 2.27. The zero-order valence-corrected chi connectivity index (χ0v) is 12.7. The highest BCUT2D eigenvalue weighted by molar-refractivity contribution is 6.29. The van der Waals surface area contributed by atoms with Crippen LogP contribution in [0.3, 0.4) is 0 Å². The summed E-state index contributed by atoms with van der Waals surface area (Å²) in [5.74, 6) is -1.60. The van der Waals surface area contributed by atoms with E-state index in [1.54, 1.807) is 25.1 Å². The minimum atomic E-state index is -1.18. The second-order valence-corrected chi connectivity index (χ2v) is 4.20. The topological polar surface area (TPSA) is 88.1 Å². The van der Waals surface area contributed by atoms with Gasteiger partial charge in [-0.1, -0.05) is 6.07 Å². The van der Waals surface area contributed by atoms with Gasteiger partial charge in [0, 0.05) is 6.42 Å². The van der Waals surface area contributed by atoms with Crippen molar-refractivity contribution in [3.63, 3.8) is 0 Å². The molecule has 7 heteroatoms. The summed E-state index contributed by atoms with van der Waals surface area (Å²) in [6, 6.07) is 5.03. The van der Waals surface area contributed by atoms with Crippen molar-refractivity contribution in [2.24, 2.45) is 0 Å². The van der Waals surface area contributed by atoms with Gasteiger partial charge in [-0.3, -0.25) is 4.79 Å². The van der Waals surface area contributed by atoms with E-state index in [0.29, 0.717) is 17.1 Å². The van der Waals surface area contributed by atoms with Gasteiger partial charge in [0.1, 0.15) is 0 Å². The summed E-state index contributed by atoms with van der Waals surface area (Å²) in [4.78, 5) is 34.0. The summed E-state index contributed by atoms with van der Waals surface area (Å²) in [5.41, 5.74) is 0.676. The number of hydrogen-bond acceptors (Lipinski definition) is 7. The van der Waals surface area contributed by atoms with E-state index in [4.69, 9.17) is 9.47 Å². The van der Waals surface area contributed by atoms with Crippen LogP contribution in [-0.2, 0) is 30.3 Å². The molecule has 0 heterocycles. The molecule has 0 atom stereocenters. The standard InChI is InChI=1S/C15H18O7/c1-4-21-14(17)15(18)22-9-11(16)7-10-5-6-12(19-2)13(8-10)20-3/h5-6,8H,4,7,9H2,1-3H3. The number of methoxy groups -OCH3 is 2. The molecule has 0 radical (unpaired) electrons. The summed E-state index contributed by atoms with van der Waals surface area (Å²) < 4.78 is 19.3. The van der Waals surface area contributed by atoms with Gasteiger partial charge in [0.25, 0.3) is 0 Å². The van der Waals surface area contributed by atoms with Crippen LogP contribution < -0.4 is 9.47 Å². The minimum absolute atomic E-state index is 0.0382. The summed E-state index contributed by atoms with van der Waals surface area (Å²) in [6.45, 7) is 1.13. The van der Waals surface area contributed by atoms with E-state index in [0.717, 1.165) is 0 Å². The van der Waals surface area contributed by atoms with Gasteiger partial charge in [0.05, 0.1) is 20.8 Å². The molecule has 0 bridgehead atoms. The second-order valence-electron chi connectivity index (χ2n) is 4.20. The molecule has 0 saturated carbocycles. The average molecular weight is 310 g/mol. The molecule has 0 fully saturated rings. The van der Waals surface area contributed by atoms with Crippen molar-refractivity contribution in [3.05, 3.63) is 23.8 Å². The minimum Gasteiger partial charge on any atom is -0.493 e. The summed E-state index contributed by atoms with van der Waals surface area (Å²) >= 11 is 0. The average Bonchev–Trinajstić information content (AvgIpc) is 2.52. The molecule has 0 N–H and O–H groups in total. The van der Waals surface area contributed by atoms with Gasteiger partial charge in [0.2, 0.25) is 0 Å². The second kappa shape index (κ2) is 8.66. The van der Waals surface area contributed by atoms with Gasteiger partial charge < -0.3 is 18.9 Å². The van der Waals surface area contributed by atoms with E-state index in [1.807, 2.05) is 0 Å². The molecule has 0 spiro atoms. The maximum atomic E-state index is 11.8. The molecule has 0 saturated heterocycles. The van der Waals surface area contributed by atoms with Crippen molar-refractivity contribution in [3.8, 4) is 11.5 Å². The molecule has 120 valence electrons. The smallest absolute Gasteiger partial charge is 0.417 e. The number of hydrogen-bond donors (Lipinski definition) is 0. The van der Waals surface area contributed by atoms with Crippen molar-refractivity contribution in [2.75, 3.05) is 27.4 Å². The van der Waals surface area contributed by atoms with Crippen LogP contribution in [0.1, 0.15) is 12.5 Å². The highest BCUT2D eigenvalue weighted by Gasteiger charge is 2.18. The summed E-state index contributed by atoms with van der Waals surface area (Å²) in [6.07, 6.45) is 0.0382. The largest absolute Gasteiger partial charge is 0.493 e. The number of carbonyl (C=O) groups is 3. The molecule has 0 unspecified atom stereocenters. The Labute approximate surface area is 128 Å². The lowest BCUT2D eigenvalue weighted by Crippen LogP contribution is -2.24. The molecule has 7 nitrogen and oxygen atoms in total. The summed E-state index contributed by atoms with van der Waals surface area (Å²) in [7, 11) is 3.00. The quantitative estimate of drug-likeness (QED) is 0.546. The van der Waals surface area contributed by atoms with Crippen LogP contribution in [0.4, 0.5) is 0 Å². The Bertz CT molecular complexity index is 551. The zero-order chi connectivity index (χ0) is 16.5. The van der Waals surface area contributed by atoms with Crippen molar-refractivity contribution >= 4 is 17.7 Å². The molecule has 22 heavy (non-hydrogen) atoms. The zero-order valence-electron chi connectivity index (χ0n) is 12.7. The van der Waals surface area contributed by atoms with Gasteiger partial charge in [-0.05, 0) is 24.6 Å². The van der Waals surface area contributed by atoms with Gasteiger partial charge >= 0.3 is 11.9 Å². The summed E-state index contributed by atoms with van der Waals surface area (Å²) in [5, 5.41) is 0. The van der Waals surface area contributed by atoms with Gasteiger partial charge in [-0.2, -0.15) is 0 Å². The predicted molar refractivity (Wildman–Crippen MR) is 75.8 cm³/mol. The van der Waals surface area contributed by atoms with Crippen LogP contribution in [0.15, 0.2) is 18.2 Å². The number of rotatable bonds is 7. The molecular weight excluding hydrogens is 292 g/mol. The number of benzene rings is 1. The molecule has 1 aromatic carbocycles. The third-order valence-corrected chi connectivity index (χ3v) is 2.66. The van der Waals surface area contributed by atoms with E-state index in [9.17, 15) is 14.4 Å². The number of ether oxygens (including phenoxy) is 4. The Morgan fingerprint density at radius 3 is 2.18 bits per heavy atom. The third kappa shape index (κ3) is 5.08. The van der Waals surface area contributed by atoms with E-state index < -0.39 is 18.5 Å². The Morgan fingerprint density at radius 1 is 0.955 bits per heavy atom. The lowest BCUT2D eigenvalue weighted by Gasteiger charge is -2.09. The normalized spacial score (nSPS) is 9.77. The van der Waals surface area contributed by atoms with Crippen LogP contribution in [-0.4, -0.2) is 45.2 Å². The third-order valence-electron chi connectivity index (χ3n) is 2.66. The lowest BCUT2D eigenvalue weighted by molar-refractivity contribution is -0.168. The Morgan fingerprint density at radius 2 is 1.59 bits per heavy atom. The van der Waals surface area contributed by atoms with Crippen molar-refractivity contribution in [1.29, 1.82) is 0 Å². The Kier molecular flexibility index (Phi) is 6.88. The first-order chi connectivity index (χ1) is 10.5. The number of Topliss-reactive ketones (excluding diaryl/α,β-unsaturated/α-hetero) is 1. The predicted octanol–water partition coefficient (Wildman–Crippen LogP) is 0.922. The monoisotopic (exact) mass is 310 g/mol. The first-order valence-corrected chi connectivity index (χ1v) is 6.58. The van der Waals surface area contributed by atoms with Crippen molar-refractivity contribution in [2.45, 2.75) is 13.3 Å². The van der Waals surface area contributed by atoms with E-state index in [2.05, 4.69) is 9.47 Å². The molecule has 0 aliphatic rings. The molecule has 1 aromatic rings. The lowest BCUT2D eigenvalue weighted by atomic mass is 10.1. The molecule has 0 aromatic heterocycles. The van der Waals surface area contributed by atoms with Crippen molar-refractivity contribution in [1.82, 2.24) is 0 Å². The van der Waals surface area contributed by atoms with Gasteiger partial charge in [-0.25, -0.2) is 9.59 Å². The van der Waals surface area contributed by atoms with E-state index >= 15 is 0 Å². The number of ketones is 1. The van der Waals surface area contributed by atoms with E-state index in [1.165, 1.54) is 14.2 Å². The Balaban J connectivity index is 2.55. The van der Waals surface area contributed by atoms with Crippen molar-refractivity contribution < 1.29 is 33.3 Å². The fourth-order valence-electron chi connectivity index (χ4n) is 1.66. The maximum absolute atomic E-state index is 11.8. The van der Waals surface area contributed by atoms with Crippen LogP contribution in [0.25, 0.3) is 0 Å². The molecule has 0 amide bonds. The van der Waals surface area contributed by atoms with Gasteiger partial charge in [0.15, 0.2) is 23.9 Å². The maximum Gasteiger partial charge on any atom is 0.417 e. The molecule has 0 aliphatic carbocycles. The molecular formula is C15H18O7. The van der Waals surface area contributed by atoms with Gasteiger partial charge in [-0.15, -0.1) is 0 Å². The van der Waals surface area contributed by atoms with E-state index in [-0.39, 0.29) is 18.8 Å². The number of carbonyl (C=O) groups excluding carboxylic acids is 3. The first kappa shape index (κ1) is 17.5. The molecule has 0 aliphatic heterocycles. The van der Waals surface area contributed by atoms with Crippen LogP contribution in [0, 0.1) is 0 Å². The SMILES string of the molecule is CCOC(=O)C(=O)OCC(=O)Cc1ccc(OC)c(OC)c1. The molecule has 1 rings (SSSR count). The first-order valence-electron chi connectivity index (χ1n) is 6.58. The van der Waals surface area contributed by atoms with Crippen LogP contribution in [0.2, 0.25) is 0 Å². The van der Waals surface area contributed by atoms with Crippen LogP contribution in [0.5, 0.6) is 11.5 Å². The fraction of sp³-hybridized carbons (Fsp3) is 0.400. The fourth-order valence-corrected chi connectivity index (χ4v) is 1.66. The number of esters is 2. The van der Waals surface area contributed by atoms with Crippen LogP contribution >= 0.6 is 0 Å². The Hall–Kier alpha value is -2.57. The highest BCUT2D eigenvalue weighted by atomic mass is 16.6.